The number of rotatable bonds is 62. The molecule has 1 unspecified atom stereocenters. The highest BCUT2D eigenvalue weighted by Crippen LogP contribution is 2.18. The number of hydrogen-bond acceptors (Lipinski definition) is 6. The van der Waals surface area contributed by atoms with Crippen LogP contribution in [0.25, 0.3) is 0 Å². The summed E-state index contributed by atoms with van der Waals surface area (Å²) in [7, 11) is 0. The van der Waals surface area contributed by atoms with Gasteiger partial charge in [0.15, 0.2) is 6.10 Å². The zero-order valence-corrected chi connectivity index (χ0v) is 51.0. The minimum Gasteiger partial charge on any atom is -0.462 e. The smallest absolute Gasteiger partial charge is 0.306 e. The maximum absolute atomic E-state index is 12.9. The van der Waals surface area contributed by atoms with Gasteiger partial charge in [0.25, 0.3) is 0 Å². The van der Waals surface area contributed by atoms with Crippen molar-refractivity contribution in [1.82, 2.24) is 0 Å². The lowest BCUT2D eigenvalue weighted by Crippen LogP contribution is -2.30. The van der Waals surface area contributed by atoms with E-state index in [0.29, 0.717) is 19.3 Å². The minimum atomic E-state index is -0.781. The van der Waals surface area contributed by atoms with Gasteiger partial charge in [-0.15, -0.1) is 0 Å². The third kappa shape index (κ3) is 62.2. The third-order valence-corrected chi connectivity index (χ3v) is 15.1. The molecular formula is C70H128O6. The molecule has 0 saturated carbocycles. The fourth-order valence-electron chi connectivity index (χ4n) is 9.96. The van der Waals surface area contributed by atoms with E-state index in [9.17, 15) is 14.4 Å². The maximum atomic E-state index is 12.9. The molecule has 0 N–H and O–H groups in total. The molecule has 0 saturated heterocycles. The molecule has 76 heavy (non-hydrogen) atoms. The number of unbranched alkanes of at least 4 members (excludes halogenated alkanes) is 43. The van der Waals surface area contributed by atoms with Crippen LogP contribution >= 0.6 is 0 Å². The van der Waals surface area contributed by atoms with E-state index in [2.05, 4.69) is 69.4 Å². The number of carbonyl (C=O) groups is 3. The maximum Gasteiger partial charge on any atom is 0.306 e. The molecule has 0 aromatic rings. The molecule has 6 nitrogen and oxygen atoms in total. The van der Waals surface area contributed by atoms with E-state index in [1.165, 1.54) is 238 Å². The summed E-state index contributed by atoms with van der Waals surface area (Å²) in [5.41, 5.74) is 0. The van der Waals surface area contributed by atoms with Crippen molar-refractivity contribution in [2.45, 2.75) is 367 Å². The van der Waals surface area contributed by atoms with Crippen LogP contribution in [0.15, 0.2) is 48.6 Å². The highest BCUT2D eigenvalue weighted by Gasteiger charge is 2.19. The number of carbonyl (C=O) groups excluding carboxylic acids is 3. The van der Waals surface area contributed by atoms with Crippen molar-refractivity contribution >= 4 is 17.9 Å². The Labute approximate surface area is 473 Å². The molecule has 0 heterocycles. The van der Waals surface area contributed by atoms with E-state index in [1.54, 1.807) is 0 Å². The fourth-order valence-corrected chi connectivity index (χ4v) is 9.96. The standard InChI is InChI=1S/C70H128O6/c1-4-7-10-13-16-19-22-25-28-30-32-33-34-35-36-37-39-40-42-45-48-51-54-57-60-63-69(72)75-66-67(65-74-68(71)62-59-56-53-50-47-44-27-24-21-18-15-12-9-6-3)76-70(73)64-61-58-55-52-49-46-43-41-38-31-29-26-23-20-17-14-11-8-5-2/h15,17-18,20,24,26-27,29,67H,4-14,16,19,21-23,25,28,30-66H2,1-3H3/b18-15-,20-17-,27-24-,29-26-. The molecule has 1 atom stereocenters. The monoisotopic (exact) mass is 1060 g/mol. The Morgan fingerprint density at radius 3 is 0.789 bits per heavy atom. The van der Waals surface area contributed by atoms with E-state index in [-0.39, 0.29) is 31.1 Å². The van der Waals surface area contributed by atoms with Crippen LogP contribution in [0.3, 0.4) is 0 Å². The van der Waals surface area contributed by atoms with Gasteiger partial charge in [-0.3, -0.25) is 14.4 Å². The lowest BCUT2D eigenvalue weighted by molar-refractivity contribution is -0.167. The normalized spacial score (nSPS) is 12.3. The molecule has 0 spiro atoms. The first kappa shape index (κ1) is 73.4. The SMILES string of the molecule is CCCC/C=C\C/C=C\CCCCCCCC(=O)OCC(COC(=O)CCCCCCCCCCCCCCCCCCCCCCCCCCC)OC(=O)CCCCCCCCCCC/C=C\C/C=C\CCCCC. The van der Waals surface area contributed by atoms with Crippen molar-refractivity contribution in [3.8, 4) is 0 Å². The largest absolute Gasteiger partial charge is 0.462 e. The zero-order chi connectivity index (χ0) is 55.0. The van der Waals surface area contributed by atoms with Crippen LogP contribution in [0.4, 0.5) is 0 Å². The molecular weight excluding hydrogens is 937 g/mol. The van der Waals surface area contributed by atoms with Gasteiger partial charge in [-0.05, 0) is 77.0 Å². The van der Waals surface area contributed by atoms with Crippen LogP contribution in [0, 0.1) is 0 Å². The van der Waals surface area contributed by atoms with Crippen molar-refractivity contribution in [3.05, 3.63) is 48.6 Å². The van der Waals surface area contributed by atoms with Gasteiger partial charge in [-0.25, -0.2) is 0 Å². The lowest BCUT2D eigenvalue weighted by Gasteiger charge is -2.18. The summed E-state index contributed by atoms with van der Waals surface area (Å²) in [6, 6.07) is 0. The molecule has 444 valence electrons. The Balaban J connectivity index is 4.26. The average molecular weight is 1070 g/mol. The number of ether oxygens (including phenoxy) is 3. The first-order valence-electron chi connectivity index (χ1n) is 33.6. The quantitative estimate of drug-likeness (QED) is 0.0261. The van der Waals surface area contributed by atoms with Crippen molar-refractivity contribution in [1.29, 1.82) is 0 Å². The van der Waals surface area contributed by atoms with Crippen LogP contribution in [0.2, 0.25) is 0 Å². The van der Waals surface area contributed by atoms with Crippen molar-refractivity contribution in [2.75, 3.05) is 13.2 Å². The Bertz CT molecular complexity index is 1310. The highest BCUT2D eigenvalue weighted by molar-refractivity contribution is 5.71. The molecule has 0 aliphatic carbocycles. The van der Waals surface area contributed by atoms with Crippen LogP contribution in [0.1, 0.15) is 361 Å². The van der Waals surface area contributed by atoms with Crippen molar-refractivity contribution in [3.63, 3.8) is 0 Å². The molecule has 0 bridgehead atoms. The Hall–Kier alpha value is -2.63. The third-order valence-electron chi connectivity index (χ3n) is 15.1. The first-order valence-corrected chi connectivity index (χ1v) is 33.6. The number of esters is 3. The second-order valence-corrected chi connectivity index (χ2v) is 22.7. The van der Waals surface area contributed by atoms with Gasteiger partial charge in [0.1, 0.15) is 13.2 Å². The molecule has 0 aliphatic heterocycles. The summed E-state index contributed by atoms with van der Waals surface area (Å²) in [4.78, 5) is 38.4. The molecule has 6 heteroatoms. The number of allylic oxidation sites excluding steroid dienone is 8. The molecule has 0 amide bonds. The van der Waals surface area contributed by atoms with E-state index < -0.39 is 6.10 Å². The predicted octanol–water partition coefficient (Wildman–Crippen LogP) is 22.9. The topological polar surface area (TPSA) is 78.9 Å². The van der Waals surface area contributed by atoms with Crippen LogP contribution in [0.5, 0.6) is 0 Å². The van der Waals surface area contributed by atoms with E-state index in [1.807, 2.05) is 0 Å². The molecule has 0 fully saturated rings. The van der Waals surface area contributed by atoms with E-state index >= 15 is 0 Å². The van der Waals surface area contributed by atoms with Crippen LogP contribution in [-0.2, 0) is 28.6 Å². The predicted molar refractivity (Wildman–Crippen MR) is 330 cm³/mol. The summed E-state index contributed by atoms with van der Waals surface area (Å²) in [6.07, 6.45) is 81.3. The zero-order valence-electron chi connectivity index (χ0n) is 51.0. The van der Waals surface area contributed by atoms with E-state index in [4.69, 9.17) is 14.2 Å². The Kier molecular flexibility index (Phi) is 62.6. The van der Waals surface area contributed by atoms with Crippen molar-refractivity contribution in [2.24, 2.45) is 0 Å². The van der Waals surface area contributed by atoms with E-state index in [0.717, 1.165) is 83.5 Å². The van der Waals surface area contributed by atoms with Gasteiger partial charge in [0.05, 0.1) is 0 Å². The molecule has 0 radical (unpaired) electrons. The lowest BCUT2D eigenvalue weighted by atomic mass is 10.0. The minimum absolute atomic E-state index is 0.0757. The Morgan fingerprint density at radius 2 is 0.487 bits per heavy atom. The van der Waals surface area contributed by atoms with Gasteiger partial charge in [0.2, 0.25) is 0 Å². The average Bonchev–Trinajstić information content (AvgIpc) is 3.42. The Morgan fingerprint density at radius 1 is 0.263 bits per heavy atom. The van der Waals surface area contributed by atoms with Gasteiger partial charge in [-0.2, -0.15) is 0 Å². The van der Waals surface area contributed by atoms with Crippen LogP contribution in [-0.4, -0.2) is 37.2 Å². The van der Waals surface area contributed by atoms with Crippen molar-refractivity contribution < 1.29 is 28.6 Å². The highest BCUT2D eigenvalue weighted by atomic mass is 16.6. The van der Waals surface area contributed by atoms with Gasteiger partial charge in [0, 0.05) is 19.3 Å². The van der Waals surface area contributed by atoms with Gasteiger partial charge >= 0.3 is 17.9 Å². The summed E-state index contributed by atoms with van der Waals surface area (Å²) in [5.74, 6) is -0.872. The second-order valence-electron chi connectivity index (χ2n) is 22.7. The molecule has 0 aromatic carbocycles. The molecule has 0 rings (SSSR count). The van der Waals surface area contributed by atoms with Crippen LogP contribution < -0.4 is 0 Å². The first-order chi connectivity index (χ1) is 37.5. The second kappa shape index (κ2) is 64.9. The summed E-state index contributed by atoms with van der Waals surface area (Å²) >= 11 is 0. The fraction of sp³-hybridized carbons (Fsp3) is 0.843. The summed E-state index contributed by atoms with van der Waals surface area (Å²) in [6.45, 7) is 6.62. The van der Waals surface area contributed by atoms with Gasteiger partial charge < -0.3 is 14.2 Å². The van der Waals surface area contributed by atoms with Gasteiger partial charge in [-0.1, -0.05) is 313 Å². The molecule has 0 aliphatic rings. The molecule has 0 aromatic heterocycles. The summed E-state index contributed by atoms with van der Waals surface area (Å²) in [5, 5.41) is 0. The number of hydrogen-bond donors (Lipinski definition) is 0. The summed E-state index contributed by atoms with van der Waals surface area (Å²) < 4.78 is 16.9.